The van der Waals surface area contributed by atoms with Gasteiger partial charge in [0.15, 0.2) is 11.6 Å². The van der Waals surface area contributed by atoms with Crippen molar-refractivity contribution in [2.24, 2.45) is 0 Å². The molecule has 0 atom stereocenters. The molecule has 18 heavy (non-hydrogen) atoms. The normalized spacial score (nSPS) is 10.9. The van der Waals surface area contributed by atoms with E-state index in [2.05, 4.69) is 33.1 Å². The Morgan fingerprint density at radius 2 is 2.11 bits per heavy atom. The smallest absolute Gasteiger partial charge is 0.165 e. The molecule has 0 unspecified atom stereocenters. The SMILES string of the molecule is CCCn1c(CO)nnc1-c1cccc(C)c1Br. The van der Waals surface area contributed by atoms with Gasteiger partial charge >= 0.3 is 0 Å². The first-order chi connectivity index (χ1) is 8.69. The van der Waals surface area contributed by atoms with Gasteiger partial charge in [-0.1, -0.05) is 25.1 Å². The molecule has 4 nitrogen and oxygen atoms in total. The zero-order valence-electron chi connectivity index (χ0n) is 10.5. The lowest BCUT2D eigenvalue weighted by Gasteiger charge is -2.10. The Morgan fingerprint density at radius 1 is 1.33 bits per heavy atom. The fourth-order valence-electron chi connectivity index (χ4n) is 1.93. The van der Waals surface area contributed by atoms with Gasteiger partial charge in [0.05, 0.1) is 0 Å². The molecule has 0 aliphatic rings. The van der Waals surface area contributed by atoms with Crippen LogP contribution in [0.15, 0.2) is 22.7 Å². The predicted molar refractivity (Wildman–Crippen MR) is 74.1 cm³/mol. The fourth-order valence-corrected chi connectivity index (χ4v) is 2.37. The number of aromatic nitrogens is 3. The van der Waals surface area contributed by atoms with Crippen LogP contribution in [0, 0.1) is 6.92 Å². The van der Waals surface area contributed by atoms with Crippen molar-refractivity contribution in [1.82, 2.24) is 14.8 Å². The van der Waals surface area contributed by atoms with Crippen LogP contribution in [0.2, 0.25) is 0 Å². The molecule has 0 aliphatic heterocycles. The second-order valence-electron chi connectivity index (χ2n) is 4.19. The van der Waals surface area contributed by atoms with Gasteiger partial charge < -0.3 is 9.67 Å². The van der Waals surface area contributed by atoms with Crippen LogP contribution in [-0.2, 0) is 13.2 Å². The van der Waals surface area contributed by atoms with Crippen LogP contribution < -0.4 is 0 Å². The van der Waals surface area contributed by atoms with Crippen LogP contribution >= 0.6 is 15.9 Å². The van der Waals surface area contributed by atoms with Gasteiger partial charge in [0, 0.05) is 16.6 Å². The molecule has 1 aromatic carbocycles. The monoisotopic (exact) mass is 309 g/mol. The number of halogens is 1. The van der Waals surface area contributed by atoms with Crippen LogP contribution in [0.3, 0.4) is 0 Å². The quantitative estimate of drug-likeness (QED) is 0.944. The zero-order valence-corrected chi connectivity index (χ0v) is 12.1. The Hall–Kier alpha value is -1.20. The van der Waals surface area contributed by atoms with E-state index in [-0.39, 0.29) is 6.61 Å². The third kappa shape index (κ3) is 2.33. The maximum Gasteiger partial charge on any atom is 0.165 e. The van der Waals surface area contributed by atoms with Gasteiger partial charge in [-0.3, -0.25) is 0 Å². The average molecular weight is 310 g/mol. The molecule has 0 bridgehead atoms. The van der Waals surface area contributed by atoms with Crippen molar-refractivity contribution in [1.29, 1.82) is 0 Å². The van der Waals surface area contributed by atoms with E-state index in [1.54, 1.807) is 0 Å². The minimum Gasteiger partial charge on any atom is -0.388 e. The maximum absolute atomic E-state index is 9.29. The van der Waals surface area contributed by atoms with Crippen molar-refractivity contribution in [2.75, 3.05) is 0 Å². The summed E-state index contributed by atoms with van der Waals surface area (Å²) in [5, 5.41) is 17.5. The van der Waals surface area contributed by atoms with E-state index in [0.29, 0.717) is 5.82 Å². The number of aryl methyl sites for hydroxylation is 1. The molecule has 0 fully saturated rings. The van der Waals surface area contributed by atoms with Gasteiger partial charge in [-0.15, -0.1) is 10.2 Å². The molecule has 1 aromatic heterocycles. The highest BCUT2D eigenvalue weighted by Crippen LogP contribution is 2.30. The highest BCUT2D eigenvalue weighted by molar-refractivity contribution is 9.10. The molecule has 2 rings (SSSR count). The van der Waals surface area contributed by atoms with Crippen LogP contribution in [0.5, 0.6) is 0 Å². The van der Waals surface area contributed by atoms with Crippen molar-refractivity contribution < 1.29 is 5.11 Å². The average Bonchev–Trinajstić information content (AvgIpc) is 2.76. The van der Waals surface area contributed by atoms with Gasteiger partial charge in [0.1, 0.15) is 6.61 Å². The third-order valence-corrected chi connectivity index (χ3v) is 3.90. The van der Waals surface area contributed by atoms with Crippen LogP contribution in [-0.4, -0.2) is 19.9 Å². The lowest BCUT2D eigenvalue weighted by atomic mass is 10.1. The van der Waals surface area contributed by atoms with Gasteiger partial charge in [-0.25, -0.2) is 0 Å². The van der Waals surface area contributed by atoms with E-state index >= 15 is 0 Å². The summed E-state index contributed by atoms with van der Waals surface area (Å²) < 4.78 is 3.00. The molecule has 0 radical (unpaired) electrons. The second kappa shape index (κ2) is 5.63. The number of rotatable bonds is 4. The number of hydrogen-bond acceptors (Lipinski definition) is 3. The van der Waals surface area contributed by atoms with Gasteiger partial charge in [0.25, 0.3) is 0 Å². The number of benzene rings is 1. The summed E-state index contributed by atoms with van der Waals surface area (Å²) in [6.07, 6.45) is 0.974. The number of aliphatic hydroxyl groups is 1. The van der Waals surface area contributed by atoms with E-state index in [1.807, 2.05) is 29.7 Å². The van der Waals surface area contributed by atoms with Gasteiger partial charge in [-0.05, 0) is 34.8 Å². The number of hydrogen-bond donors (Lipinski definition) is 1. The summed E-state index contributed by atoms with van der Waals surface area (Å²) in [5.74, 6) is 1.41. The topological polar surface area (TPSA) is 50.9 Å². The lowest BCUT2D eigenvalue weighted by molar-refractivity contribution is 0.264. The molecule has 1 heterocycles. The zero-order chi connectivity index (χ0) is 13.1. The van der Waals surface area contributed by atoms with E-state index in [4.69, 9.17) is 0 Å². The van der Waals surface area contributed by atoms with Crippen molar-refractivity contribution >= 4 is 15.9 Å². The highest BCUT2D eigenvalue weighted by atomic mass is 79.9. The molecule has 0 aliphatic carbocycles. The first-order valence-electron chi connectivity index (χ1n) is 5.97. The minimum atomic E-state index is -0.0869. The van der Waals surface area contributed by atoms with E-state index < -0.39 is 0 Å². The summed E-state index contributed by atoms with van der Waals surface area (Å²) in [7, 11) is 0. The summed E-state index contributed by atoms with van der Waals surface area (Å²) in [6, 6.07) is 6.05. The van der Waals surface area contributed by atoms with Crippen LogP contribution in [0.1, 0.15) is 24.7 Å². The first-order valence-corrected chi connectivity index (χ1v) is 6.76. The Morgan fingerprint density at radius 3 is 2.78 bits per heavy atom. The minimum absolute atomic E-state index is 0.0869. The predicted octanol–water partition coefficient (Wildman–Crippen LogP) is 2.92. The molecule has 0 amide bonds. The molecular weight excluding hydrogens is 294 g/mol. The first kappa shape index (κ1) is 13.2. The van der Waals surface area contributed by atoms with Crippen LogP contribution in [0.25, 0.3) is 11.4 Å². The maximum atomic E-state index is 9.29. The molecule has 2 aromatic rings. The van der Waals surface area contributed by atoms with Crippen LogP contribution in [0.4, 0.5) is 0 Å². The lowest BCUT2D eigenvalue weighted by Crippen LogP contribution is -2.05. The Labute approximate surface area is 115 Å². The van der Waals surface area contributed by atoms with Crippen molar-refractivity contribution in [3.63, 3.8) is 0 Å². The van der Waals surface area contributed by atoms with Crippen molar-refractivity contribution in [3.05, 3.63) is 34.1 Å². The molecule has 96 valence electrons. The summed E-state index contributed by atoms with van der Waals surface area (Å²) in [5.41, 5.74) is 2.17. The summed E-state index contributed by atoms with van der Waals surface area (Å²) >= 11 is 3.59. The molecule has 0 saturated carbocycles. The van der Waals surface area contributed by atoms with Gasteiger partial charge in [0.2, 0.25) is 0 Å². The van der Waals surface area contributed by atoms with E-state index in [0.717, 1.165) is 34.4 Å². The Bertz CT molecular complexity index is 551. The van der Waals surface area contributed by atoms with E-state index in [9.17, 15) is 5.11 Å². The molecule has 0 spiro atoms. The summed E-state index contributed by atoms with van der Waals surface area (Å²) in [6.45, 7) is 4.85. The molecule has 1 N–H and O–H groups in total. The molecule has 5 heteroatoms. The summed E-state index contributed by atoms with van der Waals surface area (Å²) in [4.78, 5) is 0. The largest absolute Gasteiger partial charge is 0.388 e. The van der Waals surface area contributed by atoms with Gasteiger partial charge in [-0.2, -0.15) is 0 Å². The number of aliphatic hydroxyl groups excluding tert-OH is 1. The van der Waals surface area contributed by atoms with E-state index in [1.165, 1.54) is 0 Å². The van der Waals surface area contributed by atoms with Crippen molar-refractivity contribution in [3.8, 4) is 11.4 Å². The molecular formula is C13H16BrN3O. The Balaban J connectivity index is 2.56. The second-order valence-corrected chi connectivity index (χ2v) is 4.98. The highest BCUT2D eigenvalue weighted by Gasteiger charge is 2.15. The third-order valence-electron chi connectivity index (χ3n) is 2.85. The fraction of sp³-hybridized carbons (Fsp3) is 0.385. The standard InChI is InChI=1S/C13H16BrN3O/c1-3-7-17-11(8-18)15-16-13(17)10-6-4-5-9(2)12(10)14/h4-6,18H,3,7-8H2,1-2H3. The number of nitrogens with zero attached hydrogens (tertiary/aromatic N) is 3. The van der Waals surface area contributed by atoms with Crippen molar-refractivity contribution in [2.45, 2.75) is 33.4 Å². The molecule has 0 saturated heterocycles. The Kier molecular flexibility index (Phi) is 4.14.